The highest BCUT2D eigenvalue weighted by Crippen LogP contribution is 2.25. The molecular formula is C10H14O4. The molecule has 14 heavy (non-hydrogen) atoms. The maximum Gasteiger partial charge on any atom is 0.275 e. The Labute approximate surface area is 83.1 Å². The summed E-state index contributed by atoms with van der Waals surface area (Å²) in [6.45, 7) is 4.82. The minimum Gasteiger partial charge on any atom is -0.462 e. The lowest BCUT2D eigenvalue weighted by Crippen LogP contribution is -2.29. The molecule has 4 nitrogen and oxygen atoms in total. The maximum absolute atomic E-state index is 5.49. The molecule has 4 heteroatoms. The van der Waals surface area contributed by atoms with Gasteiger partial charge in [-0.15, -0.1) is 0 Å². The minimum atomic E-state index is -0.0568. The predicted octanol–water partition coefficient (Wildman–Crippen LogP) is 1.54. The Morgan fingerprint density at radius 3 is 1.64 bits per heavy atom. The third-order valence-corrected chi connectivity index (χ3v) is 2.20. The van der Waals surface area contributed by atoms with Crippen molar-refractivity contribution in [1.82, 2.24) is 0 Å². The van der Waals surface area contributed by atoms with Gasteiger partial charge in [0.25, 0.3) is 11.9 Å². The Kier molecular flexibility index (Phi) is 2.52. The van der Waals surface area contributed by atoms with Gasteiger partial charge in [0.05, 0.1) is 0 Å². The predicted molar refractivity (Wildman–Crippen MR) is 49.2 cm³/mol. The smallest absolute Gasteiger partial charge is 0.275 e. The maximum atomic E-state index is 5.49. The Morgan fingerprint density at radius 2 is 1.36 bits per heavy atom. The van der Waals surface area contributed by atoms with Crippen LogP contribution in [0.15, 0.2) is 24.0 Å². The Bertz CT molecular complexity index is 241. The van der Waals surface area contributed by atoms with E-state index in [-0.39, 0.29) is 12.2 Å². The van der Waals surface area contributed by atoms with Crippen LogP contribution in [-0.4, -0.2) is 25.4 Å². The van der Waals surface area contributed by atoms with Crippen molar-refractivity contribution < 1.29 is 18.9 Å². The van der Waals surface area contributed by atoms with E-state index >= 15 is 0 Å². The largest absolute Gasteiger partial charge is 0.462 e. The van der Waals surface area contributed by atoms with Crippen LogP contribution in [0.2, 0.25) is 0 Å². The van der Waals surface area contributed by atoms with Gasteiger partial charge < -0.3 is 18.9 Å². The van der Waals surface area contributed by atoms with Crippen molar-refractivity contribution in [2.45, 2.75) is 26.1 Å². The van der Waals surface area contributed by atoms with Crippen molar-refractivity contribution in [2.75, 3.05) is 13.2 Å². The molecule has 2 aliphatic heterocycles. The number of hydrogen-bond donors (Lipinski definition) is 0. The quantitative estimate of drug-likeness (QED) is 0.640. The molecule has 78 valence electrons. The molecule has 2 atom stereocenters. The second-order valence-corrected chi connectivity index (χ2v) is 3.15. The van der Waals surface area contributed by atoms with Gasteiger partial charge in [-0.3, -0.25) is 0 Å². The lowest BCUT2D eigenvalue weighted by Gasteiger charge is -2.12. The van der Waals surface area contributed by atoms with Gasteiger partial charge in [0.1, 0.15) is 13.2 Å². The first-order valence-electron chi connectivity index (χ1n) is 4.75. The van der Waals surface area contributed by atoms with E-state index in [1.165, 1.54) is 0 Å². The molecule has 2 saturated heterocycles. The molecule has 0 N–H and O–H groups in total. The summed E-state index contributed by atoms with van der Waals surface area (Å²) in [5.41, 5.74) is 0. The standard InChI is InChI=1S/C10H14O4/c1-3-9-11-5-7(13-9)8-6-12-10(4-2)14-8/h3-4,7-8H,5-6H2,1-2H3/b9-3+,10-4+. The van der Waals surface area contributed by atoms with Crippen LogP contribution in [0, 0.1) is 0 Å². The monoisotopic (exact) mass is 198 g/mol. The number of rotatable bonds is 1. The van der Waals surface area contributed by atoms with E-state index in [2.05, 4.69) is 0 Å². The SMILES string of the molecule is C/C=C1\OCC(C2CO/C(=C\C)O2)O1. The van der Waals surface area contributed by atoms with Crippen molar-refractivity contribution in [1.29, 1.82) is 0 Å². The number of allylic oxidation sites excluding steroid dienone is 2. The molecule has 0 aromatic carbocycles. The third kappa shape index (κ3) is 1.64. The summed E-state index contributed by atoms with van der Waals surface area (Å²) >= 11 is 0. The Morgan fingerprint density at radius 1 is 0.929 bits per heavy atom. The van der Waals surface area contributed by atoms with Gasteiger partial charge in [0, 0.05) is 0 Å². The van der Waals surface area contributed by atoms with E-state index in [4.69, 9.17) is 18.9 Å². The first-order valence-corrected chi connectivity index (χ1v) is 4.75. The molecule has 2 aliphatic rings. The van der Waals surface area contributed by atoms with Gasteiger partial charge in [-0.25, -0.2) is 0 Å². The topological polar surface area (TPSA) is 36.9 Å². The van der Waals surface area contributed by atoms with Gasteiger partial charge in [-0.05, 0) is 26.0 Å². The van der Waals surface area contributed by atoms with Crippen LogP contribution in [-0.2, 0) is 18.9 Å². The van der Waals surface area contributed by atoms with Gasteiger partial charge in [0.15, 0.2) is 12.2 Å². The summed E-state index contributed by atoms with van der Waals surface area (Å²) in [5, 5.41) is 0. The van der Waals surface area contributed by atoms with E-state index in [0.29, 0.717) is 25.1 Å². The van der Waals surface area contributed by atoms with Gasteiger partial charge >= 0.3 is 0 Å². The molecule has 2 unspecified atom stereocenters. The first kappa shape index (κ1) is 9.24. The minimum absolute atomic E-state index is 0.0568. The van der Waals surface area contributed by atoms with Crippen LogP contribution in [0.4, 0.5) is 0 Å². The Balaban J connectivity index is 1.92. The van der Waals surface area contributed by atoms with E-state index in [1.807, 2.05) is 13.8 Å². The summed E-state index contributed by atoms with van der Waals surface area (Å²) in [5.74, 6) is 1.15. The zero-order valence-electron chi connectivity index (χ0n) is 8.36. The van der Waals surface area contributed by atoms with Gasteiger partial charge in [-0.1, -0.05) is 0 Å². The average Bonchev–Trinajstić information content (AvgIpc) is 2.86. The molecule has 0 aliphatic carbocycles. The molecule has 0 saturated carbocycles. The van der Waals surface area contributed by atoms with Crippen molar-refractivity contribution in [3.63, 3.8) is 0 Å². The lowest BCUT2D eigenvalue weighted by atomic mass is 10.2. The number of ether oxygens (including phenoxy) is 4. The fraction of sp³-hybridized carbons (Fsp3) is 0.600. The second kappa shape index (κ2) is 3.82. The third-order valence-electron chi connectivity index (χ3n) is 2.20. The van der Waals surface area contributed by atoms with Crippen molar-refractivity contribution in [2.24, 2.45) is 0 Å². The molecule has 2 rings (SSSR count). The van der Waals surface area contributed by atoms with Gasteiger partial charge in [0.2, 0.25) is 0 Å². The van der Waals surface area contributed by atoms with Crippen molar-refractivity contribution >= 4 is 0 Å². The molecule has 0 bridgehead atoms. The molecule has 0 radical (unpaired) electrons. The summed E-state index contributed by atoms with van der Waals surface area (Å²) in [4.78, 5) is 0. The zero-order chi connectivity index (χ0) is 9.97. The highest BCUT2D eigenvalue weighted by Gasteiger charge is 2.36. The Hall–Kier alpha value is -1.32. The van der Waals surface area contributed by atoms with Crippen LogP contribution < -0.4 is 0 Å². The average molecular weight is 198 g/mol. The van der Waals surface area contributed by atoms with Crippen LogP contribution >= 0.6 is 0 Å². The fourth-order valence-electron chi connectivity index (χ4n) is 1.43. The summed E-state index contributed by atoms with van der Waals surface area (Å²) in [6.07, 6.45) is 3.48. The fourth-order valence-corrected chi connectivity index (χ4v) is 1.43. The summed E-state index contributed by atoms with van der Waals surface area (Å²) in [6, 6.07) is 0. The van der Waals surface area contributed by atoms with Crippen LogP contribution in [0.3, 0.4) is 0 Å². The van der Waals surface area contributed by atoms with Crippen LogP contribution in [0.5, 0.6) is 0 Å². The van der Waals surface area contributed by atoms with E-state index < -0.39 is 0 Å². The highest BCUT2D eigenvalue weighted by molar-refractivity contribution is 4.94. The molecule has 0 aromatic rings. The lowest BCUT2D eigenvalue weighted by molar-refractivity contribution is 0.0318. The van der Waals surface area contributed by atoms with Crippen LogP contribution in [0.25, 0.3) is 0 Å². The van der Waals surface area contributed by atoms with Gasteiger partial charge in [-0.2, -0.15) is 0 Å². The van der Waals surface area contributed by atoms with Crippen LogP contribution in [0.1, 0.15) is 13.8 Å². The second-order valence-electron chi connectivity index (χ2n) is 3.15. The normalized spacial score (nSPS) is 36.4. The molecule has 2 heterocycles. The first-order chi connectivity index (χ1) is 6.83. The molecule has 0 spiro atoms. The zero-order valence-corrected chi connectivity index (χ0v) is 8.36. The molecular weight excluding hydrogens is 184 g/mol. The molecule has 0 amide bonds. The molecule has 2 fully saturated rings. The summed E-state index contributed by atoms with van der Waals surface area (Å²) < 4.78 is 21.5. The van der Waals surface area contributed by atoms with Crippen molar-refractivity contribution in [3.8, 4) is 0 Å². The van der Waals surface area contributed by atoms with E-state index in [0.717, 1.165) is 0 Å². The van der Waals surface area contributed by atoms with E-state index in [1.54, 1.807) is 12.2 Å². The van der Waals surface area contributed by atoms with Crippen molar-refractivity contribution in [3.05, 3.63) is 24.0 Å². The van der Waals surface area contributed by atoms with E-state index in [9.17, 15) is 0 Å². The molecule has 0 aromatic heterocycles. The highest BCUT2D eigenvalue weighted by atomic mass is 16.8. The summed E-state index contributed by atoms with van der Waals surface area (Å²) in [7, 11) is 0. The number of hydrogen-bond acceptors (Lipinski definition) is 4.